The van der Waals surface area contributed by atoms with Crippen molar-refractivity contribution in [3.63, 3.8) is 0 Å². The minimum atomic E-state index is -0.563. The summed E-state index contributed by atoms with van der Waals surface area (Å²) < 4.78 is 13.0. The van der Waals surface area contributed by atoms with E-state index < -0.39 is 5.60 Å². The predicted molar refractivity (Wildman–Crippen MR) is 131 cm³/mol. The van der Waals surface area contributed by atoms with Crippen LogP contribution in [0.1, 0.15) is 57.3 Å². The molecule has 0 unspecified atom stereocenters. The average molecular weight is 480 g/mol. The highest BCUT2D eigenvalue weighted by atomic mass is 16.6. The molecule has 35 heavy (non-hydrogen) atoms. The zero-order chi connectivity index (χ0) is 24.6. The fraction of sp³-hybridized carbons (Fsp3) is 0.500. The van der Waals surface area contributed by atoms with Gasteiger partial charge in [0.15, 0.2) is 5.65 Å². The Morgan fingerprint density at radius 2 is 1.91 bits per heavy atom. The lowest BCUT2D eigenvalue weighted by Crippen LogP contribution is -2.52. The van der Waals surface area contributed by atoms with Crippen LogP contribution in [0.3, 0.4) is 0 Å². The van der Waals surface area contributed by atoms with Crippen LogP contribution in [0.2, 0.25) is 0 Å². The van der Waals surface area contributed by atoms with Gasteiger partial charge in [0.2, 0.25) is 5.88 Å². The molecule has 2 fully saturated rings. The standard InChI is InChI=1S/C26H33N5O4/c1-26(2,3)35-25(33)30-12-8-7-11-21(30)20-13-23-27-22(14-24(32)31(23)28-20)29-15-19(16-29)34-17-18-9-5-4-6-10-18/h4-6,9-10,13-14,19,21,32H,7-8,11-12,15-17H2,1-3H3/t21-/m0/s1. The molecule has 0 bridgehead atoms. The van der Waals surface area contributed by atoms with E-state index in [0.717, 1.165) is 24.8 Å². The van der Waals surface area contributed by atoms with Crippen LogP contribution in [0.15, 0.2) is 42.5 Å². The first-order chi connectivity index (χ1) is 16.8. The maximum atomic E-state index is 12.8. The number of likely N-dealkylation sites (tertiary alicyclic amines) is 1. The smallest absolute Gasteiger partial charge is 0.410 e. The van der Waals surface area contributed by atoms with Gasteiger partial charge in [-0.2, -0.15) is 9.61 Å². The molecule has 9 heteroatoms. The number of hydrogen-bond donors (Lipinski definition) is 1. The number of ether oxygens (including phenoxy) is 2. The second-order valence-electron chi connectivity index (χ2n) is 10.3. The molecule has 0 radical (unpaired) electrons. The molecule has 0 aliphatic carbocycles. The molecule has 9 nitrogen and oxygen atoms in total. The lowest BCUT2D eigenvalue weighted by Gasteiger charge is -2.39. The van der Waals surface area contributed by atoms with Gasteiger partial charge >= 0.3 is 6.09 Å². The summed E-state index contributed by atoms with van der Waals surface area (Å²) >= 11 is 0. The molecule has 2 saturated heterocycles. The SMILES string of the molecule is CC(C)(C)OC(=O)N1CCCC[C@H]1c1cc2nc(N3CC(OCc4ccccc4)C3)cc(O)n2n1. The van der Waals surface area contributed by atoms with E-state index in [-0.39, 0.29) is 24.1 Å². The molecule has 1 atom stereocenters. The number of benzene rings is 1. The number of anilines is 1. The Labute approximate surface area is 205 Å². The molecule has 186 valence electrons. The molecule has 2 aliphatic heterocycles. The number of hydrogen-bond acceptors (Lipinski definition) is 7. The van der Waals surface area contributed by atoms with Crippen molar-refractivity contribution in [1.82, 2.24) is 19.5 Å². The lowest BCUT2D eigenvalue weighted by atomic mass is 10.00. The van der Waals surface area contributed by atoms with Gasteiger partial charge < -0.3 is 19.5 Å². The van der Waals surface area contributed by atoms with Crippen molar-refractivity contribution in [3.8, 4) is 5.88 Å². The van der Waals surface area contributed by atoms with E-state index in [2.05, 4.69) is 22.1 Å². The zero-order valence-electron chi connectivity index (χ0n) is 20.6. The molecule has 0 saturated carbocycles. The van der Waals surface area contributed by atoms with Crippen molar-refractivity contribution in [2.75, 3.05) is 24.5 Å². The molecule has 2 aliphatic rings. The third-order valence-electron chi connectivity index (χ3n) is 6.39. The topological polar surface area (TPSA) is 92.4 Å². The first-order valence-corrected chi connectivity index (χ1v) is 12.3. The Balaban J connectivity index is 1.28. The van der Waals surface area contributed by atoms with Gasteiger partial charge in [-0.25, -0.2) is 9.78 Å². The fourth-order valence-electron chi connectivity index (χ4n) is 4.59. The summed E-state index contributed by atoms with van der Waals surface area (Å²) in [5.41, 5.74) is 1.85. The minimum absolute atomic E-state index is 0.0181. The minimum Gasteiger partial charge on any atom is -0.493 e. The maximum Gasteiger partial charge on any atom is 0.410 e. The van der Waals surface area contributed by atoms with Gasteiger partial charge in [-0.3, -0.25) is 4.90 Å². The number of carbonyl (C=O) groups is 1. The van der Waals surface area contributed by atoms with Crippen molar-refractivity contribution >= 4 is 17.6 Å². The van der Waals surface area contributed by atoms with E-state index in [1.54, 1.807) is 11.0 Å². The van der Waals surface area contributed by atoms with Gasteiger partial charge in [-0.1, -0.05) is 30.3 Å². The highest BCUT2D eigenvalue weighted by Crippen LogP contribution is 2.33. The van der Waals surface area contributed by atoms with E-state index in [4.69, 9.17) is 14.5 Å². The summed E-state index contributed by atoms with van der Waals surface area (Å²) in [6.45, 7) is 8.23. The van der Waals surface area contributed by atoms with Gasteiger partial charge in [0.25, 0.3) is 0 Å². The highest BCUT2D eigenvalue weighted by Gasteiger charge is 2.34. The Hall–Kier alpha value is -3.33. The normalized spacial score (nSPS) is 19.1. The van der Waals surface area contributed by atoms with Crippen molar-refractivity contribution in [2.45, 2.75) is 64.4 Å². The van der Waals surface area contributed by atoms with Crippen molar-refractivity contribution in [2.24, 2.45) is 0 Å². The van der Waals surface area contributed by atoms with Gasteiger partial charge in [-0.15, -0.1) is 0 Å². The van der Waals surface area contributed by atoms with Gasteiger partial charge in [0.05, 0.1) is 24.4 Å². The average Bonchev–Trinajstić information content (AvgIpc) is 3.22. The Morgan fingerprint density at radius 1 is 1.14 bits per heavy atom. The Kier molecular flexibility index (Phi) is 6.27. The predicted octanol–water partition coefficient (Wildman–Crippen LogP) is 4.30. The summed E-state index contributed by atoms with van der Waals surface area (Å²) in [5.74, 6) is 0.707. The second kappa shape index (κ2) is 9.37. The summed E-state index contributed by atoms with van der Waals surface area (Å²) in [5, 5.41) is 15.3. The number of aromatic nitrogens is 3. The van der Waals surface area contributed by atoms with Crippen LogP contribution in [-0.4, -0.2) is 62.0 Å². The van der Waals surface area contributed by atoms with Gasteiger partial charge in [0.1, 0.15) is 11.4 Å². The summed E-state index contributed by atoms with van der Waals surface area (Å²) in [6, 6.07) is 13.4. The molecule has 3 aromatic rings. The Morgan fingerprint density at radius 3 is 2.66 bits per heavy atom. The molecule has 4 heterocycles. The summed E-state index contributed by atoms with van der Waals surface area (Å²) in [4.78, 5) is 21.4. The van der Waals surface area contributed by atoms with Crippen molar-refractivity contribution in [1.29, 1.82) is 0 Å². The molecule has 1 aromatic carbocycles. The Bertz CT molecular complexity index is 1180. The van der Waals surface area contributed by atoms with E-state index in [1.807, 2.05) is 45.0 Å². The number of aromatic hydroxyl groups is 1. The maximum absolute atomic E-state index is 12.8. The van der Waals surface area contributed by atoms with E-state index in [9.17, 15) is 9.90 Å². The first-order valence-electron chi connectivity index (χ1n) is 12.3. The zero-order valence-corrected chi connectivity index (χ0v) is 20.6. The van der Waals surface area contributed by atoms with Crippen LogP contribution in [-0.2, 0) is 16.1 Å². The number of piperidine rings is 1. The number of rotatable bonds is 5. The second-order valence-corrected chi connectivity index (χ2v) is 10.3. The number of nitrogens with zero attached hydrogens (tertiary/aromatic N) is 5. The molecular weight excluding hydrogens is 446 g/mol. The lowest BCUT2D eigenvalue weighted by molar-refractivity contribution is 0.00896. The van der Waals surface area contributed by atoms with E-state index in [1.165, 1.54) is 4.52 Å². The molecule has 1 amide bonds. The summed E-state index contributed by atoms with van der Waals surface area (Å²) in [6.07, 6.45) is 2.52. The number of amides is 1. The third kappa shape index (κ3) is 5.19. The van der Waals surface area contributed by atoms with Crippen LogP contribution in [0, 0.1) is 0 Å². The molecule has 0 spiro atoms. The monoisotopic (exact) mass is 479 g/mol. The van der Waals surface area contributed by atoms with E-state index >= 15 is 0 Å². The van der Waals surface area contributed by atoms with Crippen molar-refractivity contribution < 1.29 is 19.4 Å². The fourth-order valence-corrected chi connectivity index (χ4v) is 4.59. The summed E-state index contributed by atoms with van der Waals surface area (Å²) in [7, 11) is 0. The quantitative estimate of drug-likeness (QED) is 0.583. The number of fused-ring (bicyclic) bond motifs is 1. The third-order valence-corrected chi connectivity index (χ3v) is 6.39. The number of carbonyl (C=O) groups excluding carboxylic acids is 1. The van der Waals surface area contributed by atoms with Crippen LogP contribution in [0.25, 0.3) is 5.65 Å². The highest BCUT2D eigenvalue weighted by molar-refractivity contribution is 5.69. The van der Waals surface area contributed by atoms with Crippen LogP contribution in [0.4, 0.5) is 10.6 Å². The van der Waals surface area contributed by atoms with Gasteiger partial charge in [-0.05, 0) is 45.6 Å². The molecule has 5 rings (SSSR count). The first kappa shape index (κ1) is 23.4. The van der Waals surface area contributed by atoms with Gasteiger partial charge in [0, 0.05) is 31.8 Å². The molecule has 1 N–H and O–H groups in total. The van der Waals surface area contributed by atoms with Crippen LogP contribution in [0.5, 0.6) is 5.88 Å². The molecule has 2 aromatic heterocycles. The largest absolute Gasteiger partial charge is 0.493 e. The van der Waals surface area contributed by atoms with Crippen molar-refractivity contribution in [3.05, 3.63) is 53.7 Å². The van der Waals surface area contributed by atoms with Crippen LogP contribution >= 0.6 is 0 Å². The molecular formula is C26H33N5O4. The van der Waals surface area contributed by atoms with Crippen LogP contribution < -0.4 is 4.90 Å². The van der Waals surface area contributed by atoms with E-state index in [0.29, 0.717) is 43.4 Å².